The second-order valence-corrected chi connectivity index (χ2v) is 6.66. The minimum absolute atomic E-state index is 0.0443. The second-order valence-electron chi connectivity index (χ2n) is 3.97. The molecular weight excluding hydrogens is 299 g/mol. The van der Waals surface area contributed by atoms with E-state index < -0.39 is 18.1 Å². The highest BCUT2D eigenvalue weighted by atomic mass is 32.2. The van der Waals surface area contributed by atoms with Crippen molar-refractivity contribution in [1.82, 2.24) is 0 Å². The summed E-state index contributed by atoms with van der Waals surface area (Å²) < 4.78 is 39.6. The van der Waals surface area contributed by atoms with E-state index in [0.717, 1.165) is 0 Å². The van der Waals surface area contributed by atoms with Crippen molar-refractivity contribution in [3.05, 3.63) is 60.2 Å². The van der Waals surface area contributed by atoms with Gasteiger partial charge in [0.15, 0.2) is 0 Å². The first-order valence-electron chi connectivity index (χ1n) is 5.68. The first-order valence-corrected chi connectivity index (χ1v) is 8.29. The molecule has 2 aromatic carbocycles. The van der Waals surface area contributed by atoms with Gasteiger partial charge in [0.1, 0.15) is 6.61 Å². The van der Waals surface area contributed by atoms with Crippen LogP contribution < -0.4 is 0 Å². The summed E-state index contributed by atoms with van der Waals surface area (Å²) in [6.45, 7) is -0.0443. The first kappa shape index (κ1) is 14.8. The van der Waals surface area contributed by atoms with Gasteiger partial charge in [-0.2, -0.15) is 0 Å². The summed E-state index contributed by atoms with van der Waals surface area (Å²) in [5, 5.41) is 0. The van der Waals surface area contributed by atoms with Crippen LogP contribution in [-0.2, 0) is 25.5 Å². The zero-order valence-corrected chi connectivity index (χ0v) is 12.0. The molecule has 0 aliphatic rings. The molecule has 0 aliphatic carbocycles. The van der Waals surface area contributed by atoms with E-state index in [1.165, 1.54) is 24.3 Å². The lowest BCUT2D eigenvalue weighted by Gasteiger charge is -2.05. The highest BCUT2D eigenvalue weighted by Gasteiger charge is 2.17. The zero-order valence-electron chi connectivity index (χ0n) is 10.3. The summed E-state index contributed by atoms with van der Waals surface area (Å²) in [4.78, 5) is 8.93. The van der Waals surface area contributed by atoms with Gasteiger partial charge in [0, 0.05) is 4.57 Å². The lowest BCUT2D eigenvalue weighted by Crippen LogP contribution is -2.01. The number of hydrogen-bond donors (Lipinski definition) is 1. The van der Waals surface area contributed by atoms with Gasteiger partial charge < -0.3 is 0 Å². The van der Waals surface area contributed by atoms with Crippen molar-refractivity contribution in [1.29, 1.82) is 0 Å². The maximum atomic E-state index is 12.3. The van der Waals surface area contributed by atoms with Crippen LogP contribution in [0.25, 0.3) is 0 Å². The molecule has 1 atom stereocenters. The Kier molecular flexibility index (Phi) is 4.62. The Hall–Kier alpha value is -1.59. The number of rotatable bonds is 5. The van der Waals surface area contributed by atoms with Gasteiger partial charge in [0.05, 0.1) is 9.79 Å². The molecule has 5 nitrogen and oxygen atoms in total. The lowest BCUT2D eigenvalue weighted by atomic mass is 10.2. The Balaban J connectivity index is 2.24. The Morgan fingerprint density at radius 1 is 0.950 bits per heavy atom. The average molecular weight is 311 g/mol. The van der Waals surface area contributed by atoms with Crippen LogP contribution in [0, 0.1) is 0 Å². The first-order chi connectivity index (χ1) is 9.50. The highest BCUT2D eigenvalue weighted by molar-refractivity contribution is 7.91. The molecule has 0 heterocycles. The fraction of sp³-hybridized carbons (Fsp3) is 0.0769. The third-order valence-corrected chi connectivity index (χ3v) is 4.76. The van der Waals surface area contributed by atoms with E-state index >= 15 is 0 Å². The topological polar surface area (TPSA) is 80.7 Å². The summed E-state index contributed by atoms with van der Waals surface area (Å²) in [5.74, 6) is 0. The summed E-state index contributed by atoms with van der Waals surface area (Å²) >= 11 is 0. The maximum Gasteiger partial charge on any atom is 0.695 e. The number of benzene rings is 2. The van der Waals surface area contributed by atoms with Crippen molar-refractivity contribution in [3.8, 4) is 0 Å². The second kappa shape index (κ2) is 6.24. The number of sulfone groups is 1. The predicted octanol–water partition coefficient (Wildman–Crippen LogP) is 2.69. The molecule has 0 saturated heterocycles. The molecule has 0 amide bonds. The van der Waals surface area contributed by atoms with Crippen LogP contribution in [0.5, 0.6) is 0 Å². The van der Waals surface area contributed by atoms with Crippen LogP contribution in [-0.4, -0.2) is 13.3 Å². The smallest absolute Gasteiger partial charge is 0.219 e. The van der Waals surface area contributed by atoms with Crippen molar-refractivity contribution >= 4 is 18.1 Å². The third kappa shape index (κ3) is 3.49. The van der Waals surface area contributed by atoms with Gasteiger partial charge >= 0.3 is 8.25 Å². The van der Waals surface area contributed by atoms with Gasteiger partial charge in [-0.15, -0.1) is 9.42 Å². The fourth-order valence-electron chi connectivity index (χ4n) is 1.63. The predicted molar refractivity (Wildman–Crippen MR) is 73.0 cm³/mol. The largest absolute Gasteiger partial charge is 0.695 e. The number of hydrogen-bond acceptors (Lipinski definition) is 4. The molecule has 20 heavy (non-hydrogen) atoms. The molecule has 0 saturated carbocycles. The quantitative estimate of drug-likeness (QED) is 0.859. The SMILES string of the molecule is O=[P+](O)OCc1ccc(S(=O)(=O)c2ccccc2)cc1. The minimum Gasteiger partial charge on any atom is -0.219 e. The fourth-order valence-corrected chi connectivity index (χ4v) is 3.17. The normalized spacial score (nSPS) is 12.2. The molecule has 0 spiro atoms. The van der Waals surface area contributed by atoms with Crippen molar-refractivity contribution in [2.75, 3.05) is 0 Å². The zero-order chi connectivity index (χ0) is 14.6. The van der Waals surface area contributed by atoms with E-state index in [1.54, 1.807) is 30.3 Å². The van der Waals surface area contributed by atoms with E-state index in [2.05, 4.69) is 4.52 Å². The molecule has 1 unspecified atom stereocenters. The summed E-state index contributed by atoms with van der Waals surface area (Å²) in [7, 11) is -6.19. The Bertz CT molecular complexity index is 695. The van der Waals surface area contributed by atoms with E-state index in [1.807, 2.05) is 0 Å². The molecule has 0 bridgehead atoms. The monoisotopic (exact) mass is 311 g/mol. The van der Waals surface area contributed by atoms with Crippen LogP contribution in [0.4, 0.5) is 0 Å². The van der Waals surface area contributed by atoms with Gasteiger partial charge in [-0.05, 0) is 29.8 Å². The Morgan fingerprint density at radius 2 is 1.50 bits per heavy atom. The summed E-state index contributed by atoms with van der Waals surface area (Å²) in [6.07, 6.45) is 0. The van der Waals surface area contributed by atoms with Crippen LogP contribution in [0.3, 0.4) is 0 Å². The molecule has 2 rings (SSSR count). The van der Waals surface area contributed by atoms with E-state index in [0.29, 0.717) is 5.56 Å². The maximum absolute atomic E-state index is 12.3. The van der Waals surface area contributed by atoms with Crippen LogP contribution in [0.1, 0.15) is 5.56 Å². The van der Waals surface area contributed by atoms with Crippen LogP contribution in [0.15, 0.2) is 64.4 Å². The van der Waals surface area contributed by atoms with Crippen molar-refractivity contribution < 1.29 is 22.4 Å². The van der Waals surface area contributed by atoms with E-state index in [-0.39, 0.29) is 16.4 Å². The van der Waals surface area contributed by atoms with Gasteiger partial charge in [0.2, 0.25) is 9.84 Å². The van der Waals surface area contributed by atoms with Crippen molar-refractivity contribution in [2.45, 2.75) is 16.4 Å². The van der Waals surface area contributed by atoms with Gasteiger partial charge in [-0.1, -0.05) is 30.3 Å². The van der Waals surface area contributed by atoms with Crippen LogP contribution in [0.2, 0.25) is 0 Å². The third-order valence-electron chi connectivity index (χ3n) is 2.63. The molecule has 0 aliphatic heterocycles. The lowest BCUT2D eigenvalue weighted by molar-refractivity contribution is 0.272. The molecule has 0 fully saturated rings. The highest BCUT2D eigenvalue weighted by Crippen LogP contribution is 2.22. The molecule has 0 aromatic heterocycles. The minimum atomic E-state index is -3.53. The van der Waals surface area contributed by atoms with Gasteiger partial charge in [0.25, 0.3) is 0 Å². The van der Waals surface area contributed by atoms with E-state index in [9.17, 15) is 13.0 Å². The Labute approximate surface area is 117 Å². The van der Waals surface area contributed by atoms with Crippen LogP contribution >= 0.6 is 8.25 Å². The molecule has 0 radical (unpaired) electrons. The van der Waals surface area contributed by atoms with E-state index in [4.69, 9.17) is 4.89 Å². The average Bonchev–Trinajstić information content (AvgIpc) is 2.46. The standard InChI is InChI=1S/C13H11O5PS/c14-19(15)18-10-11-6-8-13(9-7-11)20(16,17)12-4-2-1-3-5-12/h1-9H,10H2/p+1. The van der Waals surface area contributed by atoms with Crippen molar-refractivity contribution in [2.24, 2.45) is 0 Å². The molecule has 1 N–H and O–H groups in total. The summed E-state index contributed by atoms with van der Waals surface area (Å²) in [6, 6.07) is 14.1. The molecule has 104 valence electrons. The van der Waals surface area contributed by atoms with Crippen molar-refractivity contribution in [3.63, 3.8) is 0 Å². The summed E-state index contributed by atoms with van der Waals surface area (Å²) in [5.41, 5.74) is 0.620. The van der Waals surface area contributed by atoms with Gasteiger partial charge in [-0.3, -0.25) is 0 Å². The molecule has 7 heteroatoms. The Morgan fingerprint density at radius 3 is 2.05 bits per heavy atom. The molecular formula is C13H12O5PS+. The molecule has 2 aromatic rings. The van der Waals surface area contributed by atoms with Gasteiger partial charge in [-0.25, -0.2) is 8.42 Å².